The van der Waals surface area contributed by atoms with E-state index in [-0.39, 0.29) is 0 Å². The maximum Gasteiger partial charge on any atom is 0.0292 e. The first-order valence-electron chi connectivity index (χ1n) is 8.75. The number of rotatable bonds is 6. The Hall–Kier alpha value is -0.730. The maximum absolute atomic E-state index is 3.54. The molecule has 1 N–H and O–H groups in total. The molecule has 1 aliphatic carbocycles. The number of aryl methyl sites for hydroxylation is 1. The van der Waals surface area contributed by atoms with Gasteiger partial charge in [-0.25, -0.2) is 0 Å². The van der Waals surface area contributed by atoms with Crippen molar-refractivity contribution in [3.8, 4) is 0 Å². The van der Waals surface area contributed by atoms with Crippen LogP contribution in [0.4, 0.5) is 0 Å². The monoisotopic (exact) mass is 317 g/mol. The summed E-state index contributed by atoms with van der Waals surface area (Å²) in [6.07, 6.45) is 8.78. The van der Waals surface area contributed by atoms with Gasteiger partial charge in [0.1, 0.15) is 0 Å². The van der Waals surface area contributed by atoms with E-state index in [0.717, 1.165) is 0 Å². The summed E-state index contributed by atoms with van der Waals surface area (Å²) in [4.78, 5) is 1.46. The molecule has 0 spiro atoms. The minimum Gasteiger partial charge on any atom is -0.257 e. The highest BCUT2D eigenvalue weighted by atomic mass is 32.2. The Kier molecular flexibility index (Phi) is 6.58. The molecular formula is C20H31NS. The van der Waals surface area contributed by atoms with Crippen LogP contribution in [0.15, 0.2) is 28.7 Å². The first kappa shape index (κ1) is 17.6. The Bertz CT molecular complexity index is 531. The molecule has 1 unspecified atom stereocenters. The van der Waals surface area contributed by atoms with Crippen LogP contribution in [0.25, 0.3) is 0 Å². The molecule has 0 amide bonds. The molecule has 0 bridgehead atoms. The maximum atomic E-state index is 3.54. The fraction of sp³-hybridized carbons (Fsp3) is 0.600. The Morgan fingerprint density at radius 1 is 1.27 bits per heavy atom. The van der Waals surface area contributed by atoms with E-state index in [1.807, 2.05) is 11.9 Å². The Labute approximate surface area is 141 Å². The van der Waals surface area contributed by atoms with Gasteiger partial charge in [0.2, 0.25) is 0 Å². The van der Waals surface area contributed by atoms with Crippen LogP contribution in [0.5, 0.6) is 0 Å². The molecule has 0 heterocycles. The van der Waals surface area contributed by atoms with Crippen LogP contribution >= 0.6 is 11.9 Å². The van der Waals surface area contributed by atoms with E-state index in [4.69, 9.17) is 0 Å². The van der Waals surface area contributed by atoms with E-state index in [1.165, 1.54) is 53.7 Å². The lowest BCUT2D eigenvalue weighted by Gasteiger charge is -2.24. The highest BCUT2D eigenvalue weighted by Gasteiger charge is 2.19. The van der Waals surface area contributed by atoms with Crippen LogP contribution in [-0.2, 0) is 6.42 Å². The molecule has 0 radical (unpaired) electrons. The van der Waals surface area contributed by atoms with Crippen molar-refractivity contribution in [2.75, 3.05) is 0 Å². The van der Waals surface area contributed by atoms with Crippen LogP contribution < -0.4 is 4.72 Å². The number of hydrogen-bond donors (Lipinski definition) is 1. The summed E-state index contributed by atoms with van der Waals surface area (Å²) in [7, 11) is 0. The molecule has 1 aromatic carbocycles. The summed E-state index contributed by atoms with van der Waals surface area (Å²) in [6, 6.07) is 5.26. The smallest absolute Gasteiger partial charge is 0.0292 e. The van der Waals surface area contributed by atoms with Gasteiger partial charge in [0.05, 0.1) is 0 Å². The van der Waals surface area contributed by atoms with Crippen LogP contribution in [0.3, 0.4) is 0 Å². The van der Waals surface area contributed by atoms with Crippen molar-refractivity contribution < 1.29 is 0 Å². The van der Waals surface area contributed by atoms with Gasteiger partial charge in [0.25, 0.3) is 0 Å². The molecule has 0 aromatic heterocycles. The van der Waals surface area contributed by atoms with Crippen LogP contribution in [0, 0.1) is 6.92 Å². The summed E-state index contributed by atoms with van der Waals surface area (Å²) in [5.41, 5.74) is 6.08. The van der Waals surface area contributed by atoms with Crippen LogP contribution in [-0.4, -0.2) is 6.04 Å². The minimum absolute atomic E-state index is 0.499. The molecule has 0 aliphatic heterocycles. The first-order valence-corrected chi connectivity index (χ1v) is 9.56. The SMILES string of the molecule is CCCc1ccc(C2C=C(C)CCC2)c(C)c1SNC(C)C. The third-order valence-corrected chi connectivity index (χ3v) is 5.78. The molecule has 1 atom stereocenters. The van der Waals surface area contributed by atoms with E-state index in [0.29, 0.717) is 12.0 Å². The van der Waals surface area contributed by atoms with Gasteiger partial charge in [-0.15, -0.1) is 0 Å². The van der Waals surface area contributed by atoms with Crippen molar-refractivity contribution in [1.82, 2.24) is 4.72 Å². The third-order valence-electron chi connectivity index (χ3n) is 4.42. The zero-order chi connectivity index (χ0) is 16.1. The number of nitrogens with one attached hydrogen (secondary N) is 1. The van der Waals surface area contributed by atoms with Crippen molar-refractivity contribution in [2.45, 2.75) is 83.6 Å². The highest BCUT2D eigenvalue weighted by Crippen LogP contribution is 2.37. The fourth-order valence-electron chi connectivity index (χ4n) is 3.31. The first-order chi connectivity index (χ1) is 10.5. The molecule has 2 heteroatoms. The van der Waals surface area contributed by atoms with Crippen molar-refractivity contribution in [3.63, 3.8) is 0 Å². The minimum atomic E-state index is 0.499. The van der Waals surface area contributed by atoms with E-state index in [9.17, 15) is 0 Å². The standard InChI is InChI=1S/C20H31NS/c1-6-8-17-11-12-19(18-10-7-9-15(4)13-18)16(5)20(17)22-21-14(2)3/h11-14,18,21H,6-10H2,1-5H3. The molecule has 122 valence electrons. The van der Waals surface area contributed by atoms with Gasteiger partial charge < -0.3 is 0 Å². The average Bonchev–Trinajstić information content (AvgIpc) is 2.47. The molecule has 1 nitrogen and oxygen atoms in total. The topological polar surface area (TPSA) is 12.0 Å². The highest BCUT2D eigenvalue weighted by molar-refractivity contribution is 7.97. The molecule has 2 rings (SSSR count). The van der Waals surface area contributed by atoms with Crippen molar-refractivity contribution in [3.05, 3.63) is 40.5 Å². The average molecular weight is 318 g/mol. The lowest BCUT2D eigenvalue weighted by molar-refractivity contribution is 0.629. The van der Waals surface area contributed by atoms with E-state index >= 15 is 0 Å². The second-order valence-corrected chi connectivity index (χ2v) is 7.75. The number of hydrogen-bond acceptors (Lipinski definition) is 2. The summed E-state index contributed by atoms with van der Waals surface area (Å²) >= 11 is 1.83. The molecule has 0 saturated carbocycles. The summed E-state index contributed by atoms with van der Waals surface area (Å²) in [6.45, 7) is 11.3. The predicted molar refractivity (Wildman–Crippen MR) is 99.7 cm³/mol. The van der Waals surface area contributed by atoms with Gasteiger partial charge in [-0.1, -0.05) is 37.1 Å². The van der Waals surface area contributed by atoms with Gasteiger partial charge in [0, 0.05) is 16.9 Å². The summed E-state index contributed by atoms with van der Waals surface area (Å²) < 4.78 is 3.54. The number of benzene rings is 1. The van der Waals surface area contributed by atoms with E-state index in [2.05, 4.69) is 57.5 Å². The lowest BCUT2D eigenvalue weighted by Crippen LogP contribution is -2.15. The number of allylic oxidation sites excluding steroid dienone is 2. The third kappa shape index (κ3) is 4.39. The van der Waals surface area contributed by atoms with Gasteiger partial charge in [-0.3, -0.25) is 4.72 Å². The molecular weight excluding hydrogens is 286 g/mol. The van der Waals surface area contributed by atoms with Gasteiger partial charge in [0.15, 0.2) is 0 Å². The Balaban J connectivity index is 2.35. The zero-order valence-corrected chi connectivity index (χ0v) is 15.6. The van der Waals surface area contributed by atoms with Crippen molar-refractivity contribution in [1.29, 1.82) is 0 Å². The van der Waals surface area contributed by atoms with Gasteiger partial charge in [-0.05, 0) is 82.0 Å². The normalized spacial score (nSPS) is 18.6. The quantitative estimate of drug-likeness (QED) is 0.497. The van der Waals surface area contributed by atoms with Gasteiger partial charge in [-0.2, -0.15) is 0 Å². The zero-order valence-electron chi connectivity index (χ0n) is 14.8. The van der Waals surface area contributed by atoms with E-state index in [1.54, 1.807) is 5.57 Å². The molecule has 0 saturated heterocycles. The predicted octanol–water partition coefficient (Wildman–Crippen LogP) is 6.17. The molecule has 22 heavy (non-hydrogen) atoms. The molecule has 0 fully saturated rings. The Morgan fingerprint density at radius 2 is 2.05 bits per heavy atom. The van der Waals surface area contributed by atoms with Crippen molar-refractivity contribution in [2.24, 2.45) is 0 Å². The van der Waals surface area contributed by atoms with Crippen molar-refractivity contribution >= 4 is 11.9 Å². The Morgan fingerprint density at radius 3 is 2.68 bits per heavy atom. The van der Waals surface area contributed by atoms with Crippen LogP contribution in [0.1, 0.15) is 76.0 Å². The second kappa shape index (κ2) is 8.21. The summed E-state index contributed by atoms with van der Waals surface area (Å²) in [5.74, 6) is 0.614. The molecule has 1 aromatic rings. The van der Waals surface area contributed by atoms with Gasteiger partial charge >= 0.3 is 0 Å². The largest absolute Gasteiger partial charge is 0.257 e. The second-order valence-electron chi connectivity index (χ2n) is 6.90. The molecule has 1 aliphatic rings. The summed E-state index contributed by atoms with van der Waals surface area (Å²) in [5, 5.41) is 0. The fourth-order valence-corrected chi connectivity index (χ4v) is 4.23. The van der Waals surface area contributed by atoms with Crippen LogP contribution in [0.2, 0.25) is 0 Å². The lowest BCUT2D eigenvalue weighted by atomic mass is 9.83. The van der Waals surface area contributed by atoms with E-state index < -0.39 is 0 Å².